The minimum atomic E-state index is -0.157. The number of amides is 3. The molecule has 0 radical (unpaired) electrons. The summed E-state index contributed by atoms with van der Waals surface area (Å²) >= 11 is 0. The summed E-state index contributed by atoms with van der Waals surface area (Å²) in [6.45, 7) is 4.77. The number of anilines is 2. The standard InChI is InChI=1S/C20H29N5O2/c21-16-5-7-17(8-6-16)22-20(27)25-13-15(14-25)19(26)24-10-2-9-23(11-12-24)18-3-1-4-18/h5-8,15,18H,1-4,9-14,21H2,(H,22,27). The Morgan fingerprint density at radius 1 is 0.926 bits per heavy atom. The molecule has 0 spiro atoms. The van der Waals surface area contributed by atoms with E-state index in [1.54, 1.807) is 29.2 Å². The van der Waals surface area contributed by atoms with Gasteiger partial charge < -0.3 is 20.9 Å². The van der Waals surface area contributed by atoms with E-state index in [1.165, 1.54) is 19.3 Å². The molecule has 7 heteroatoms. The van der Waals surface area contributed by atoms with Gasteiger partial charge in [-0.25, -0.2) is 4.79 Å². The fourth-order valence-corrected chi connectivity index (χ4v) is 4.10. The molecule has 1 aliphatic carbocycles. The summed E-state index contributed by atoms with van der Waals surface area (Å²) < 4.78 is 0. The van der Waals surface area contributed by atoms with Crippen molar-refractivity contribution >= 4 is 23.3 Å². The number of likely N-dealkylation sites (tertiary alicyclic amines) is 1. The summed E-state index contributed by atoms with van der Waals surface area (Å²) in [6, 6.07) is 7.66. The van der Waals surface area contributed by atoms with E-state index < -0.39 is 0 Å². The maximum atomic E-state index is 12.8. The number of urea groups is 1. The van der Waals surface area contributed by atoms with Gasteiger partial charge in [0.2, 0.25) is 5.91 Å². The molecule has 1 saturated carbocycles. The van der Waals surface area contributed by atoms with Gasteiger partial charge in [-0.2, -0.15) is 0 Å². The lowest BCUT2D eigenvalue weighted by Gasteiger charge is -2.40. The summed E-state index contributed by atoms with van der Waals surface area (Å²) in [7, 11) is 0. The zero-order chi connectivity index (χ0) is 18.8. The van der Waals surface area contributed by atoms with Crippen LogP contribution < -0.4 is 11.1 Å². The predicted octanol–water partition coefficient (Wildman–Crippen LogP) is 1.82. The maximum Gasteiger partial charge on any atom is 0.321 e. The number of nitrogen functional groups attached to an aromatic ring is 1. The maximum absolute atomic E-state index is 12.8. The Morgan fingerprint density at radius 3 is 2.33 bits per heavy atom. The third-order valence-corrected chi connectivity index (χ3v) is 6.11. The lowest BCUT2D eigenvalue weighted by atomic mass is 9.91. The zero-order valence-electron chi connectivity index (χ0n) is 15.8. The van der Waals surface area contributed by atoms with E-state index in [2.05, 4.69) is 10.2 Å². The highest BCUT2D eigenvalue weighted by Crippen LogP contribution is 2.26. The second kappa shape index (κ2) is 7.76. The number of rotatable bonds is 3. The average Bonchev–Trinajstić information content (AvgIpc) is 2.80. The molecule has 3 N–H and O–H groups in total. The topological polar surface area (TPSA) is 81.9 Å². The number of nitrogens with zero attached hydrogens (tertiary/aromatic N) is 3. The van der Waals surface area contributed by atoms with Gasteiger partial charge in [-0.05, 0) is 43.5 Å². The van der Waals surface area contributed by atoms with E-state index in [9.17, 15) is 9.59 Å². The predicted molar refractivity (Wildman–Crippen MR) is 105 cm³/mol. The number of carbonyl (C=O) groups excluding carboxylic acids is 2. The third-order valence-electron chi connectivity index (χ3n) is 6.11. The minimum Gasteiger partial charge on any atom is -0.399 e. The van der Waals surface area contributed by atoms with Gasteiger partial charge in [0.1, 0.15) is 0 Å². The van der Waals surface area contributed by atoms with Crippen molar-refractivity contribution in [3.8, 4) is 0 Å². The van der Waals surface area contributed by atoms with E-state index >= 15 is 0 Å². The molecular weight excluding hydrogens is 342 g/mol. The highest BCUT2D eigenvalue weighted by molar-refractivity contribution is 5.92. The van der Waals surface area contributed by atoms with E-state index in [4.69, 9.17) is 5.73 Å². The molecule has 146 valence electrons. The van der Waals surface area contributed by atoms with Crippen molar-refractivity contribution in [1.29, 1.82) is 0 Å². The molecule has 1 aromatic carbocycles. The van der Waals surface area contributed by atoms with Crippen LogP contribution in [0.15, 0.2) is 24.3 Å². The van der Waals surface area contributed by atoms with Crippen LogP contribution in [0.4, 0.5) is 16.2 Å². The van der Waals surface area contributed by atoms with Gasteiger partial charge in [0.05, 0.1) is 5.92 Å². The van der Waals surface area contributed by atoms with Gasteiger partial charge in [0.15, 0.2) is 0 Å². The van der Waals surface area contributed by atoms with Crippen LogP contribution in [0.2, 0.25) is 0 Å². The fourth-order valence-electron chi connectivity index (χ4n) is 4.10. The Balaban J connectivity index is 1.23. The second-order valence-electron chi connectivity index (χ2n) is 7.95. The van der Waals surface area contributed by atoms with E-state index in [0.717, 1.165) is 38.6 Å². The normalized spacial score (nSPS) is 21.9. The van der Waals surface area contributed by atoms with Crippen LogP contribution in [0, 0.1) is 5.92 Å². The first-order chi connectivity index (χ1) is 13.1. The molecule has 0 unspecified atom stereocenters. The molecule has 1 aromatic rings. The first-order valence-electron chi connectivity index (χ1n) is 10.0. The summed E-state index contributed by atoms with van der Waals surface area (Å²) in [6.07, 6.45) is 5.03. The van der Waals surface area contributed by atoms with Gasteiger partial charge in [-0.1, -0.05) is 6.42 Å². The first-order valence-corrected chi connectivity index (χ1v) is 10.0. The third kappa shape index (κ3) is 4.03. The van der Waals surface area contributed by atoms with E-state index in [-0.39, 0.29) is 17.9 Å². The van der Waals surface area contributed by atoms with Crippen molar-refractivity contribution in [2.24, 2.45) is 5.92 Å². The van der Waals surface area contributed by atoms with Crippen molar-refractivity contribution in [1.82, 2.24) is 14.7 Å². The molecule has 0 aromatic heterocycles. The number of nitrogens with one attached hydrogen (secondary N) is 1. The molecule has 2 saturated heterocycles. The number of carbonyl (C=O) groups is 2. The number of benzene rings is 1. The Bertz CT molecular complexity index is 682. The van der Waals surface area contributed by atoms with Gasteiger partial charge >= 0.3 is 6.03 Å². The SMILES string of the molecule is Nc1ccc(NC(=O)N2CC(C(=O)N3CCCN(C4CCC4)CC3)C2)cc1. The van der Waals surface area contributed by atoms with Crippen LogP contribution in [0.25, 0.3) is 0 Å². The van der Waals surface area contributed by atoms with Crippen LogP contribution in [0.3, 0.4) is 0 Å². The molecule has 3 amide bonds. The Labute approximate surface area is 160 Å². The van der Waals surface area contributed by atoms with Crippen LogP contribution in [-0.2, 0) is 4.79 Å². The van der Waals surface area contributed by atoms with Crippen LogP contribution in [0.1, 0.15) is 25.7 Å². The van der Waals surface area contributed by atoms with Crippen LogP contribution in [-0.4, -0.2) is 71.9 Å². The Hall–Kier alpha value is -2.28. The van der Waals surface area contributed by atoms with Crippen molar-refractivity contribution in [2.75, 3.05) is 50.3 Å². The number of hydrogen-bond acceptors (Lipinski definition) is 4. The summed E-state index contributed by atoms with van der Waals surface area (Å²) in [4.78, 5) is 31.3. The molecule has 2 heterocycles. The van der Waals surface area contributed by atoms with Crippen LogP contribution in [0.5, 0.6) is 0 Å². The zero-order valence-corrected chi connectivity index (χ0v) is 15.8. The van der Waals surface area contributed by atoms with Gasteiger partial charge in [-0.3, -0.25) is 9.69 Å². The quantitative estimate of drug-likeness (QED) is 0.794. The number of hydrogen-bond donors (Lipinski definition) is 2. The smallest absolute Gasteiger partial charge is 0.321 e. The lowest BCUT2D eigenvalue weighted by molar-refractivity contribution is -0.139. The molecule has 3 aliphatic rings. The van der Waals surface area contributed by atoms with Crippen LogP contribution >= 0.6 is 0 Å². The largest absolute Gasteiger partial charge is 0.399 e. The second-order valence-corrected chi connectivity index (χ2v) is 7.95. The van der Waals surface area contributed by atoms with Gasteiger partial charge in [0, 0.05) is 56.7 Å². The first kappa shape index (κ1) is 18.1. The molecule has 2 aliphatic heterocycles. The molecule has 7 nitrogen and oxygen atoms in total. The fraction of sp³-hybridized carbons (Fsp3) is 0.600. The van der Waals surface area contributed by atoms with E-state index in [1.807, 2.05) is 4.90 Å². The lowest BCUT2D eigenvalue weighted by Crippen LogP contribution is -2.57. The highest BCUT2D eigenvalue weighted by Gasteiger charge is 2.38. The minimum absolute atomic E-state index is 0.0579. The Morgan fingerprint density at radius 2 is 1.67 bits per heavy atom. The molecule has 27 heavy (non-hydrogen) atoms. The molecule has 3 fully saturated rings. The molecule has 0 atom stereocenters. The van der Waals surface area contributed by atoms with Crippen molar-refractivity contribution in [3.05, 3.63) is 24.3 Å². The van der Waals surface area contributed by atoms with Crippen molar-refractivity contribution < 1.29 is 9.59 Å². The van der Waals surface area contributed by atoms with Gasteiger partial charge in [-0.15, -0.1) is 0 Å². The van der Waals surface area contributed by atoms with E-state index in [0.29, 0.717) is 24.5 Å². The van der Waals surface area contributed by atoms with Crippen molar-refractivity contribution in [3.63, 3.8) is 0 Å². The highest BCUT2D eigenvalue weighted by atomic mass is 16.2. The van der Waals surface area contributed by atoms with Crippen molar-refractivity contribution in [2.45, 2.75) is 31.7 Å². The summed E-state index contributed by atoms with van der Waals surface area (Å²) in [5.74, 6) is 0.152. The molecule has 4 rings (SSSR count). The van der Waals surface area contributed by atoms with Gasteiger partial charge in [0.25, 0.3) is 0 Å². The average molecular weight is 371 g/mol. The Kier molecular flexibility index (Phi) is 5.20. The number of nitrogens with two attached hydrogens (primary N) is 1. The summed E-state index contributed by atoms with van der Waals surface area (Å²) in [5.41, 5.74) is 7.03. The summed E-state index contributed by atoms with van der Waals surface area (Å²) in [5, 5.41) is 2.85. The molecular formula is C20H29N5O2. The molecule has 0 bridgehead atoms. The monoisotopic (exact) mass is 371 g/mol.